The molecule has 0 saturated carbocycles. The molecule has 36 heavy (non-hydrogen) atoms. The fraction of sp³-hybridized carbons (Fsp3) is 0. The number of furan rings is 1. The predicted octanol–water partition coefficient (Wildman–Crippen LogP) is 8.09. The zero-order chi connectivity index (χ0) is 24.2. The highest BCUT2D eigenvalue weighted by molar-refractivity contribution is 6.17. The quantitative estimate of drug-likeness (QED) is 0.262. The van der Waals surface area contributed by atoms with Crippen LogP contribution in [0.25, 0.3) is 60.6 Å². The molecule has 4 nitrogen and oxygen atoms in total. The van der Waals surface area contributed by atoms with Crippen molar-refractivity contribution in [1.29, 1.82) is 10.5 Å². The molecule has 0 bridgehead atoms. The summed E-state index contributed by atoms with van der Waals surface area (Å²) < 4.78 is 8.43. The van der Waals surface area contributed by atoms with Gasteiger partial charge < -0.3 is 8.98 Å². The summed E-state index contributed by atoms with van der Waals surface area (Å²) >= 11 is 0. The summed E-state index contributed by atoms with van der Waals surface area (Å²) in [6, 6.07) is 38.6. The highest BCUT2D eigenvalue weighted by Crippen LogP contribution is 2.38. The van der Waals surface area contributed by atoms with E-state index in [1.165, 1.54) is 0 Å². The van der Waals surface area contributed by atoms with Crippen molar-refractivity contribution in [2.24, 2.45) is 0 Å². The number of hydrogen-bond donors (Lipinski definition) is 0. The smallest absolute Gasteiger partial charge is 0.136 e. The molecule has 0 radical (unpaired) electrons. The third-order valence-corrected chi connectivity index (χ3v) is 6.89. The Morgan fingerprint density at radius 3 is 2.00 bits per heavy atom. The van der Waals surface area contributed by atoms with Crippen LogP contribution >= 0.6 is 0 Å². The maximum absolute atomic E-state index is 9.61. The van der Waals surface area contributed by atoms with E-state index in [-0.39, 0.29) is 0 Å². The van der Waals surface area contributed by atoms with Crippen LogP contribution in [0, 0.1) is 22.7 Å². The zero-order valence-electron chi connectivity index (χ0n) is 19.1. The first-order chi connectivity index (χ1) is 17.8. The Labute approximate surface area is 206 Å². The lowest BCUT2D eigenvalue weighted by molar-refractivity contribution is 0.669. The van der Waals surface area contributed by atoms with Crippen LogP contribution < -0.4 is 0 Å². The maximum atomic E-state index is 9.61. The van der Waals surface area contributed by atoms with Crippen LogP contribution in [0.1, 0.15) is 11.1 Å². The number of benzene rings is 5. The molecule has 166 valence electrons. The molecular formula is C32H17N3O. The van der Waals surface area contributed by atoms with E-state index in [1.807, 2.05) is 48.5 Å². The van der Waals surface area contributed by atoms with Gasteiger partial charge in [-0.3, -0.25) is 0 Å². The average molecular weight is 460 g/mol. The minimum absolute atomic E-state index is 0.493. The first-order valence-corrected chi connectivity index (χ1v) is 11.7. The van der Waals surface area contributed by atoms with Crippen molar-refractivity contribution in [2.45, 2.75) is 0 Å². The molecule has 0 aliphatic heterocycles. The van der Waals surface area contributed by atoms with E-state index in [2.05, 4.69) is 53.1 Å². The summed E-state index contributed by atoms with van der Waals surface area (Å²) in [5.74, 6) is 0. The van der Waals surface area contributed by atoms with Crippen molar-refractivity contribution < 1.29 is 4.42 Å². The summed E-state index contributed by atoms with van der Waals surface area (Å²) in [7, 11) is 0. The van der Waals surface area contributed by atoms with Crippen LogP contribution in [-0.4, -0.2) is 4.57 Å². The van der Waals surface area contributed by atoms with Gasteiger partial charge in [0.05, 0.1) is 34.3 Å². The summed E-state index contributed by atoms with van der Waals surface area (Å²) in [4.78, 5) is 0. The van der Waals surface area contributed by atoms with E-state index < -0.39 is 0 Å². The summed E-state index contributed by atoms with van der Waals surface area (Å²) in [6.07, 6.45) is 0. The second kappa shape index (κ2) is 7.60. The second-order valence-corrected chi connectivity index (χ2v) is 8.81. The van der Waals surface area contributed by atoms with Gasteiger partial charge in [-0.05, 0) is 54.1 Å². The topological polar surface area (TPSA) is 65.7 Å². The average Bonchev–Trinajstić information content (AvgIpc) is 3.46. The SMILES string of the molecule is N#Cc1cccc(C#N)c1-c1ccc(-n2c3ccccc3c3cc4oc5ccccc5c4cc32)cc1. The molecule has 0 fully saturated rings. The van der Waals surface area contributed by atoms with Gasteiger partial charge in [-0.25, -0.2) is 0 Å². The number of rotatable bonds is 2. The molecular weight excluding hydrogens is 442 g/mol. The molecule has 0 aliphatic rings. The van der Waals surface area contributed by atoms with Gasteiger partial charge in [0, 0.05) is 32.8 Å². The Morgan fingerprint density at radius 1 is 0.556 bits per heavy atom. The Hall–Kier alpha value is -5.32. The van der Waals surface area contributed by atoms with Crippen LogP contribution in [0.5, 0.6) is 0 Å². The fourth-order valence-electron chi connectivity index (χ4n) is 5.29. The lowest BCUT2D eigenvalue weighted by Crippen LogP contribution is -1.95. The van der Waals surface area contributed by atoms with E-state index in [0.29, 0.717) is 16.7 Å². The molecule has 0 spiro atoms. The molecule has 0 amide bonds. The molecule has 5 aromatic carbocycles. The molecule has 0 atom stereocenters. The maximum Gasteiger partial charge on any atom is 0.136 e. The van der Waals surface area contributed by atoms with Crippen molar-refractivity contribution in [3.8, 4) is 29.0 Å². The van der Waals surface area contributed by atoms with Crippen molar-refractivity contribution >= 4 is 43.7 Å². The second-order valence-electron chi connectivity index (χ2n) is 8.81. The highest BCUT2D eigenvalue weighted by Gasteiger charge is 2.17. The fourth-order valence-corrected chi connectivity index (χ4v) is 5.29. The molecule has 0 saturated heterocycles. The van der Waals surface area contributed by atoms with Crippen molar-refractivity contribution in [1.82, 2.24) is 4.57 Å². The number of hydrogen-bond acceptors (Lipinski definition) is 3. The molecule has 4 heteroatoms. The molecule has 0 aliphatic carbocycles. The van der Waals surface area contributed by atoms with Crippen LogP contribution in [-0.2, 0) is 0 Å². The van der Waals surface area contributed by atoms with Gasteiger partial charge in [0.1, 0.15) is 11.2 Å². The van der Waals surface area contributed by atoms with Crippen LogP contribution in [0.2, 0.25) is 0 Å². The van der Waals surface area contributed by atoms with E-state index in [1.54, 1.807) is 18.2 Å². The summed E-state index contributed by atoms with van der Waals surface area (Å²) in [5.41, 5.74) is 7.46. The number of nitrogens with zero attached hydrogens (tertiary/aromatic N) is 3. The van der Waals surface area contributed by atoms with Gasteiger partial charge >= 0.3 is 0 Å². The Morgan fingerprint density at radius 2 is 1.25 bits per heavy atom. The predicted molar refractivity (Wildman–Crippen MR) is 143 cm³/mol. The number of nitriles is 2. The van der Waals surface area contributed by atoms with Gasteiger partial charge in [0.2, 0.25) is 0 Å². The first kappa shape index (κ1) is 20.1. The monoisotopic (exact) mass is 459 g/mol. The Balaban J connectivity index is 1.49. The lowest BCUT2D eigenvalue weighted by atomic mass is 9.95. The molecule has 7 aromatic rings. The molecule has 0 unspecified atom stereocenters. The van der Waals surface area contributed by atoms with Gasteiger partial charge in [0.15, 0.2) is 0 Å². The summed E-state index contributed by atoms with van der Waals surface area (Å²) in [6.45, 7) is 0. The lowest BCUT2D eigenvalue weighted by Gasteiger charge is -2.11. The number of aromatic nitrogens is 1. The largest absolute Gasteiger partial charge is 0.456 e. The molecule has 7 rings (SSSR count). The molecule has 0 N–H and O–H groups in total. The number of fused-ring (bicyclic) bond motifs is 6. The van der Waals surface area contributed by atoms with Crippen molar-refractivity contribution in [3.05, 3.63) is 114 Å². The normalized spacial score (nSPS) is 11.3. The van der Waals surface area contributed by atoms with Gasteiger partial charge in [-0.2, -0.15) is 10.5 Å². The van der Waals surface area contributed by atoms with Crippen molar-refractivity contribution in [3.63, 3.8) is 0 Å². The van der Waals surface area contributed by atoms with Gasteiger partial charge in [-0.1, -0.05) is 54.6 Å². The summed E-state index contributed by atoms with van der Waals surface area (Å²) in [5, 5.41) is 23.7. The first-order valence-electron chi connectivity index (χ1n) is 11.7. The Bertz CT molecular complexity index is 2030. The minimum Gasteiger partial charge on any atom is -0.456 e. The van der Waals surface area contributed by atoms with E-state index in [9.17, 15) is 10.5 Å². The standard InChI is InChI=1S/C32H17N3O/c33-18-21-6-5-7-22(19-34)32(21)20-12-14-23(15-13-20)35-28-10-3-1-8-24(28)26-17-31-27(16-29(26)35)25-9-2-4-11-30(25)36-31/h1-17H. The number of para-hydroxylation sites is 2. The minimum atomic E-state index is 0.493. The van der Waals surface area contributed by atoms with Crippen LogP contribution in [0.3, 0.4) is 0 Å². The van der Waals surface area contributed by atoms with Crippen LogP contribution in [0.4, 0.5) is 0 Å². The third kappa shape index (κ3) is 2.79. The molecule has 2 aromatic heterocycles. The third-order valence-electron chi connectivity index (χ3n) is 6.89. The molecule has 2 heterocycles. The van der Waals surface area contributed by atoms with Crippen LogP contribution in [0.15, 0.2) is 108 Å². The Kier molecular flexibility index (Phi) is 4.24. The highest BCUT2D eigenvalue weighted by atomic mass is 16.3. The van der Waals surface area contributed by atoms with Gasteiger partial charge in [0.25, 0.3) is 0 Å². The van der Waals surface area contributed by atoms with Gasteiger partial charge in [-0.15, -0.1) is 0 Å². The van der Waals surface area contributed by atoms with E-state index in [4.69, 9.17) is 4.42 Å². The van der Waals surface area contributed by atoms with Crippen molar-refractivity contribution in [2.75, 3.05) is 0 Å². The van der Waals surface area contributed by atoms with E-state index >= 15 is 0 Å². The zero-order valence-corrected chi connectivity index (χ0v) is 19.1. The van der Waals surface area contributed by atoms with E-state index in [0.717, 1.165) is 55.0 Å².